The van der Waals surface area contributed by atoms with E-state index >= 15 is 0 Å². The quantitative estimate of drug-likeness (QED) is 0.526. The zero-order valence-corrected chi connectivity index (χ0v) is 12.0. The minimum atomic E-state index is -1.30. The largest absolute Gasteiger partial charge is 0.130 e. The lowest BCUT2D eigenvalue weighted by molar-refractivity contribution is 1.66. The number of allylic oxidation sites excluding steroid dienone is 1. The van der Waals surface area contributed by atoms with E-state index in [1.54, 1.807) is 6.08 Å². The van der Waals surface area contributed by atoms with Gasteiger partial charge in [0.2, 0.25) is 0 Å². The van der Waals surface area contributed by atoms with Gasteiger partial charge in [0.15, 0.2) is 0 Å². The molecule has 0 saturated heterocycles. The Bertz CT molecular complexity index is 582. The van der Waals surface area contributed by atoms with Gasteiger partial charge in [-0.2, -0.15) is 0 Å². The Hall–Kier alpha value is -2.14. The fraction of sp³-hybridized carbons (Fsp3) is 0.176. The van der Waals surface area contributed by atoms with Crippen molar-refractivity contribution >= 4 is 14.1 Å². The van der Waals surface area contributed by atoms with Gasteiger partial charge in [0, 0.05) is 0 Å². The summed E-state index contributed by atoms with van der Waals surface area (Å²) in [5.74, 6) is 14.0. The molecule has 1 aromatic rings. The van der Waals surface area contributed by atoms with Crippen LogP contribution in [-0.4, -0.2) is 8.07 Å². The van der Waals surface area contributed by atoms with E-state index in [1.807, 2.05) is 36.4 Å². The van der Waals surface area contributed by atoms with Gasteiger partial charge in [0.1, 0.15) is 8.07 Å². The molecule has 18 heavy (non-hydrogen) atoms. The highest BCUT2D eigenvalue weighted by Gasteiger charge is 2.06. The number of hydrogen-bond acceptors (Lipinski definition) is 0. The van der Waals surface area contributed by atoms with E-state index in [0.29, 0.717) is 0 Å². The third kappa shape index (κ3) is 7.18. The number of hydrogen-bond donors (Lipinski definition) is 0. The summed E-state index contributed by atoms with van der Waals surface area (Å²) < 4.78 is 0. The van der Waals surface area contributed by atoms with E-state index < -0.39 is 8.07 Å². The van der Waals surface area contributed by atoms with Gasteiger partial charge in [-0.1, -0.05) is 55.9 Å². The molecular formula is C17H16Si. The molecule has 0 spiro atoms. The van der Waals surface area contributed by atoms with Crippen LogP contribution in [0.4, 0.5) is 0 Å². The molecule has 0 aromatic heterocycles. The SMILES string of the molecule is C[Si](C)(C)C#CC#CC#C/C=C/c1ccccc1. The molecule has 0 atom stereocenters. The summed E-state index contributed by atoms with van der Waals surface area (Å²) in [5.41, 5.74) is 4.31. The van der Waals surface area contributed by atoms with Crippen LogP contribution in [0.15, 0.2) is 36.4 Å². The predicted octanol–water partition coefficient (Wildman–Crippen LogP) is 3.59. The van der Waals surface area contributed by atoms with E-state index in [4.69, 9.17) is 0 Å². The van der Waals surface area contributed by atoms with Crippen molar-refractivity contribution in [3.63, 3.8) is 0 Å². The van der Waals surface area contributed by atoms with E-state index in [0.717, 1.165) is 5.56 Å². The number of rotatable bonds is 1. The Morgan fingerprint density at radius 1 is 0.889 bits per heavy atom. The van der Waals surface area contributed by atoms with Gasteiger partial charge in [-0.15, -0.1) is 5.54 Å². The Morgan fingerprint density at radius 3 is 2.22 bits per heavy atom. The van der Waals surface area contributed by atoms with Gasteiger partial charge < -0.3 is 0 Å². The van der Waals surface area contributed by atoms with Gasteiger partial charge in [-0.05, 0) is 41.4 Å². The summed E-state index contributed by atoms with van der Waals surface area (Å²) in [4.78, 5) is 0. The third-order valence-electron chi connectivity index (χ3n) is 1.86. The van der Waals surface area contributed by atoms with Gasteiger partial charge >= 0.3 is 0 Å². The van der Waals surface area contributed by atoms with Crippen LogP contribution in [0.2, 0.25) is 19.6 Å². The van der Waals surface area contributed by atoms with Crippen molar-refractivity contribution in [3.8, 4) is 35.1 Å². The van der Waals surface area contributed by atoms with Gasteiger partial charge in [0.25, 0.3) is 0 Å². The molecule has 0 heterocycles. The average molecular weight is 248 g/mol. The molecule has 0 bridgehead atoms. The fourth-order valence-electron chi connectivity index (χ4n) is 1.06. The highest BCUT2D eigenvalue weighted by Crippen LogP contribution is 1.99. The van der Waals surface area contributed by atoms with Gasteiger partial charge in [0.05, 0.1) is 0 Å². The number of benzene rings is 1. The molecule has 0 aliphatic heterocycles. The fourth-order valence-corrected chi connectivity index (χ4v) is 1.50. The molecule has 0 nitrogen and oxygen atoms in total. The Kier molecular flexibility index (Phi) is 5.60. The lowest BCUT2D eigenvalue weighted by atomic mass is 10.2. The van der Waals surface area contributed by atoms with E-state index in [1.165, 1.54) is 0 Å². The topological polar surface area (TPSA) is 0 Å². The molecule has 0 saturated carbocycles. The second kappa shape index (κ2) is 7.23. The maximum atomic E-state index is 3.17. The van der Waals surface area contributed by atoms with Crippen molar-refractivity contribution in [2.24, 2.45) is 0 Å². The monoisotopic (exact) mass is 248 g/mol. The Balaban J connectivity index is 2.51. The minimum Gasteiger partial charge on any atom is -0.118 e. The van der Waals surface area contributed by atoms with Crippen molar-refractivity contribution in [1.29, 1.82) is 0 Å². The smallest absolute Gasteiger partial charge is 0.118 e. The van der Waals surface area contributed by atoms with E-state index in [9.17, 15) is 0 Å². The van der Waals surface area contributed by atoms with E-state index in [-0.39, 0.29) is 0 Å². The van der Waals surface area contributed by atoms with Crippen LogP contribution in [0, 0.1) is 35.1 Å². The van der Waals surface area contributed by atoms with Gasteiger partial charge in [-0.3, -0.25) is 0 Å². The van der Waals surface area contributed by atoms with Crippen LogP contribution < -0.4 is 0 Å². The first-order valence-corrected chi connectivity index (χ1v) is 9.32. The third-order valence-corrected chi connectivity index (χ3v) is 2.73. The summed E-state index contributed by atoms with van der Waals surface area (Å²) in [6.45, 7) is 6.57. The highest BCUT2D eigenvalue weighted by atomic mass is 28.3. The lowest BCUT2D eigenvalue weighted by Gasteiger charge is -2.01. The minimum absolute atomic E-state index is 1.14. The Morgan fingerprint density at radius 2 is 1.56 bits per heavy atom. The highest BCUT2D eigenvalue weighted by molar-refractivity contribution is 6.83. The standard InChI is InChI=1S/C17H16Si/c1-18(2,3)16-12-7-5-4-6-9-13-17-14-10-8-11-15-17/h8-11,13-15H,1-3H3/b13-9+. The zero-order chi connectivity index (χ0) is 13.3. The van der Waals surface area contributed by atoms with Crippen molar-refractivity contribution in [3.05, 3.63) is 42.0 Å². The molecule has 1 aromatic carbocycles. The van der Waals surface area contributed by atoms with Crippen LogP contribution in [0.25, 0.3) is 6.08 Å². The summed E-state index contributed by atoms with van der Waals surface area (Å²) in [5, 5.41) is 0. The normalized spacial score (nSPS) is 9.50. The molecule has 1 rings (SSSR count). The van der Waals surface area contributed by atoms with Crippen LogP contribution in [0.1, 0.15) is 5.56 Å². The summed E-state index contributed by atoms with van der Waals surface area (Å²) in [6, 6.07) is 10.1. The maximum absolute atomic E-state index is 3.17. The molecular weight excluding hydrogens is 232 g/mol. The molecule has 0 fully saturated rings. The zero-order valence-electron chi connectivity index (χ0n) is 11.0. The molecule has 88 valence electrons. The summed E-state index contributed by atoms with van der Waals surface area (Å²) in [7, 11) is -1.30. The molecule has 0 aliphatic carbocycles. The molecule has 0 N–H and O–H groups in total. The van der Waals surface area contributed by atoms with Crippen LogP contribution >= 0.6 is 0 Å². The lowest BCUT2D eigenvalue weighted by Crippen LogP contribution is -2.16. The van der Waals surface area contributed by atoms with Crippen LogP contribution in [0.5, 0.6) is 0 Å². The van der Waals surface area contributed by atoms with Crippen LogP contribution in [-0.2, 0) is 0 Å². The summed E-state index contributed by atoms with van der Waals surface area (Å²) in [6.07, 6.45) is 3.76. The molecule has 0 unspecified atom stereocenters. The van der Waals surface area contributed by atoms with Crippen molar-refractivity contribution in [2.75, 3.05) is 0 Å². The average Bonchev–Trinajstić information content (AvgIpc) is 2.32. The summed E-state index contributed by atoms with van der Waals surface area (Å²) >= 11 is 0. The molecule has 0 radical (unpaired) electrons. The first-order valence-electron chi connectivity index (χ1n) is 5.82. The molecule has 0 amide bonds. The second-order valence-electron chi connectivity index (χ2n) is 4.76. The maximum Gasteiger partial charge on any atom is 0.130 e. The predicted molar refractivity (Wildman–Crippen MR) is 82.2 cm³/mol. The van der Waals surface area contributed by atoms with Gasteiger partial charge in [-0.25, -0.2) is 0 Å². The first kappa shape index (κ1) is 13.9. The Labute approximate surface area is 111 Å². The second-order valence-corrected chi connectivity index (χ2v) is 9.51. The van der Waals surface area contributed by atoms with Crippen molar-refractivity contribution < 1.29 is 0 Å². The molecule has 1 heteroatoms. The van der Waals surface area contributed by atoms with E-state index in [2.05, 4.69) is 54.8 Å². The van der Waals surface area contributed by atoms with Crippen LogP contribution in [0.3, 0.4) is 0 Å². The van der Waals surface area contributed by atoms with Crippen molar-refractivity contribution in [2.45, 2.75) is 19.6 Å². The first-order chi connectivity index (χ1) is 8.58. The molecule has 0 aliphatic rings. The van der Waals surface area contributed by atoms with Crippen molar-refractivity contribution in [1.82, 2.24) is 0 Å².